The van der Waals surface area contributed by atoms with Crippen molar-refractivity contribution in [3.8, 4) is 11.5 Å². The third-order valence-corrected chi connectivity index (χ3v) is 14.7. The molecule has 6 rings (SSSR count). The molecule has 0 saturated heterocycles. The van der Waals surface area contributed by atoms with Crippen molar-refractivity contribution < 1.29 is 63.6 Å². The maximum absolute atomic E-state index is 14.2. The van der Waals surface area contributed by atoms with Crippen LogP contribution in [-0.4, -0.2) is 121 Å². The summed E-state index contributed by atoms with van der Waals surface area (Å²) in [7, 11) is -7.58. The van der Waals surface area contributed by atoms with Crippen LogP contribution in [0.15, 0.2) is 82.6 Å². The minimum atomic E-state index is -3.79. The topological polar surface area (TPSA) is 230 Å². The number of ether oxygens (including phenoxy) is 6. The second kappa shape index (κ2) is 28.5. The Labute approximate surface area is 428 Å². The molecule has 0 aromatic heterocycles. The van der Waals surface area contributed by atoms with Crippen LogP contribution >= 0.6 is 23.2 Å². The quantitative estimate of drug-likeness (QED) is 0.0314. The average molecular weight is 1090 g/mol. The highest BCUT2D eigenvalue weighted by Gasteiger charge is 2.29. The van der Waals surface area contributed by atoms with Crippen molar-refractivity contribution in [3.63, 3.8) is 0 Å². The zero-order chi connectivity index (χ0) is 51.4. The van der Waals surface area contributed by atoms with Crippen molar-refractivity contribution in [2.24, 2.45) is 0 Å². The van der Waals surface area contributed by atoms with Crippen molar-refractivity contribution in [1.82, 2.24) is 30.7 Å². The lowest BCUT2D eigenvalue weighted by Gasteiger charge is -2.16. The van der Waals surface area contributed by atoms with Crippen molar-refractivity contribution in [2.75, 3.05) is 92.1 Å². The van der Waals surface area contributed by atoms with Crippen LogP contribution in [0.3, 0.4) is 0 Å². The summed E-state index contributed by atoms with van der Waals surface area (Å²) in [4.78, 5) is 24.2. The van der Waals surface area contributed by atoms with E-state index >= 15 is 0 Å². The summed E-state index contributed by atoms with van der Waals surface area (Å²) in [5.41, 5.74) is 2.56. The molecule has 24 heteroatoms. The van der Waals surface area contributed by atoms with Crippen LogP contribution in [0.1, 0.15) is 60.1 Å². The lowest BCUT2D eigenvalue weighted by Crippen LogP contribution is -2.39. The second-order valence-corrected chi connectivity index (χ2v) is 20.9. The number of fused-ring (bicyclic) bond motifs is 2. The maximum Gasteiger partial charge on any atom is 0.314 e. The van der Waals surface area contributed by atoms with E-state index in [9.17, 15) is 35.2 Å². The molecule has 0 heterocycles. The Bertz CT molecular complexity index is 2450. The summed E-state index contributed by atoms with van der Waals surface area (Å²) >= 11 is 12.0. The molecule has 4 amide bonds. The van der Waals surface area contributed by atoms with Crippen LogP contribution in [0, 0.1) is 11.6 Å². The molecule has 0 fully saturated rings. The van der Waals surface area contributed by atoms with Gasteiger partial charge in [-0.05, 0) is 134 Å². The second-order valence-electron chi connectivity index (χ2n) is 16.5. The molecule has 0 aliphatic heterocycles. The Kier molecular flexibility index (Phi) is 22.4. The number of urea groups is 2. The molecule has 2 atom stereocenters. The molecule has 2 aliphatic rings. The lowest BCUT2D eigenvalue weighted by atomic mass is 10.1. The number of sulfonamides is 2. The Morgan fingerprint density at radius 3 is 1.22 bits per heavy atom. The molecule has 0 radical (unpaired) electrons. The van der Waals surface area contributed by atoms with Crippen LogP contribution < -0.4 is 40.2 Å². The van der Waals surface area contributed by atoms with E-state index in [1.807, 2.05) is 0 Å². The third-order valence-electron chi connectivity index (χ3n) is 11.3. The number of carbonyl (C=O) groups is 2. The summed E-state index contributed by atoms with van der Waals surface area (Å²) in [6.07, 6.45) is 2.76. The summed E-state index contributed by atoms with van der Waals surface area (Å²) in [5, 5.41) is 11.4. The fraction of sp³-hybridized carbons (Fsp3) is 0.458. The number of unbranched alkanes of at least 4 members (excludes halogenated alkanes) is 1. The Morgan fingerprint density at radius 1 is 0.500 bits per heavy atom. The zero-order valence-corrected chi connectivity index (χ0v) is 42.6. The molecule has 394 valence electrons. The third kappa shape index (κ3) is 18.0. The SMILES string of the molecule is O=C(NCCCCNC(=O)NCCOCCOCCNS(=O)(=O)c1ccc(O[C@@H]2CCc3c(F)cc(Cl)cc32)cc1)NCCOCCOCCNS(=O)(=O)c1ccc(OC2CCc3c(F)cc(Cl)cc32)cc1. The lowest BCUT2D eigenvalue weighted by molar-refractivity contribution is 0.0516. The van der Waals surface area contributed by atoms with Crippen LogP contribution in [0.25, 0.3) is 0 Å². The van der Waals surface area contributed by atoms with Crippen LogP contribution in [-0.2, 0) is 51.8 Å². The van der Waals surface area contributed by atoms with Gasteiger partial charge in [0.15, 0.2) is 0 Å². The van der Waals surface area contributed by atoms with Gasteiger partial charge in [-0.3, -0.25) is 0 Å². The van der Waals surface area contributed by atoms with Gasteiger partial charge >= 0.3 is 12.1 Å². The van der Waals surface area contributed by atoms with Gasteiger partial charge in [0.25, 0.3) is 0 Å². The van der Waals surface area contributed by atoms with E-state index in [2.05, 4.69) is 30.7 Å². The molecule has 4 aromatic carbocycles. The first-order valence-electron chi connectivity index (χ1n) is 23.5. The van der Waals surface area contributed by atoms with E-state index < -0.39 is 20.0 Å². The summed E-state index contributed by atoms with van der Waals surface area (Å²) in [5.74, 6) is 0.195. The first-order chi connectivity index (χ1) is 34.7. The first kappa shape index (κ1) is 56.4. The Morgan fingerprint density at radius 2 is 0.847 bits per heavy atom. The minimum Gasteiger partial charge on any atom is -0.486 e. The molecule has 4 aromatic rings. The highest BCUT2D eigenvalue weighted by atomic mass is 35.5. The van der Waals surface area contributed by atoms with Gasteiger partial charge in [0.05, 0.1) is 62.6 Å². The van der Waals surface area contributed by atoms with E-state index in [0.717, 1.165) is 0 Å². The van der Waals surface area contributed by atoms with Gasteiger partial charge in [0, 0.05) is 49.3 Å². The molecule has 72 heavy (non-hydrogen) atoms. The summed E-state index contributed by atoms with van der Waals surface area (Å²) in [6, 6.07) is 17.2. The molecular formula is C48H60Cl2F2N6O12S2. The zero-order valence-electron chi connectivity index (χ0n) is 39.5. The predicted molar refractivity (Wildman–Crippen MR) is 265 cm³/mol. The number of benzene rings is 4. The molecule has 0 saturated carbocycles. The van der Waals surface area contributed by atoms with Gasteiger partial charge < -0.3 is 49.7 Å². The van der Waals surface area contributed by atoms with Crippen molar-refractivity contribution in [2.45, 2.75) is 60.5 Å². The van der Waals surface area contributed by atoms with E-state index in [0.29, 0.717) is 95.4 Å². The van der Waals surface area contributed by atoms with Gasteiger partial charge in [0.2, 0.25) is 20.0 Å². The monoisotopic (exact) mass is 1080 g/mol. The Hall–Kier alpha value is -4.88. The standard InChI is InChI=1S/C48H60Cl2F2N6O12S2/c49-33-29-41-39(43(51)31-33)11-13-45(41)69-35-3-7-37(8-4-35)71(61,62)57-19-23-67-27-25-65-21-17-55-47(59)53-15-1-2-16-54-48(60)56-18-22-66-26-28-68-24-20-58-72(63,64)38-9-5-36(6-10-38)70-46-14-12-40-42(46)30-34(50)32-44(40)52/h3-10,29-32,45-46,57-58H,1-2,11-28H2,(H2,53,55,59)(H2,54,56,60)/t45-,46?/m1/s1. The number of hydrogen-bond donors (Lipinski definition) is 6. The Balaban J connectivity index is 0.673. The number of rotatable bonds is 31. The molecular weight excluding hydrogens is 1030 g/mol. The first-order valence-corrected chi connectivity index (χ1v) is 27.2. The smallest absolute Gasteiger partial charge is 0.314 e. The highest BCUT2D eigenvalue weighted by Crippen LogP contribution is 2.39. The molecule has 18 nitrogen and oxygen atoms in total. The van der Waals surface area contributed by atoms with Crippen molar-refractivity contribution >= 4 is 55.3 Å². The number of amides is 4. The maximum atomic E-state index is 14.2. The summed E-state index contributed by atoms with van der Waals surface area (Å²) in [6.45, 7) is 3.16. The van der Waals surface area contributed by atoms with E-state index in [4.69, 9.17) is 51.6 Å². The van der Waals surface area contributed by atoms with Crippen LogP contribution in [0.4, 0.5) is 18.4 Å². The van der Waals surface area contributed by atoms with E-state index in [-0.39, 0.29) is 125 Å². The van der Waals surface area contributed by atoms with Gasteiger partial charge in [-0.15, -0.1) is 0 Å². The highest BCUT2D eigenvalue weighted by molar-refractivity contribution is 7.89. The molecule has 0 bridgehead atoms. The predicted octanol–water partition coefficient (Wildman–Crippen LogP) is 6.11. The minimum absolute atomic E-state index is 0.0466. The average Bonchev–Trinajstić information content (AvgIpc) is 3.95. The number of carbonyl (C=O) groups excluding carboxylic acids is 2. The van der Waals surface area contributed by atoms with E-state index in [1.54, 1.807) is 36.4 Å². The molecule has 6 N–H and O–H groups in total. The van der Waals surface area contributed by atoms with Gasteiger partial charge in [-0.1, -0.05) is 23.2 Å². The van der Waals surface area contributed by atoms with E-state index in [1.165, 1.54) is 36.4 Å². The van der Waals surface area contributed by atoms with Gasteiger partial charge in [0.1, 0.15) is 35.3 Å². The largest absolute Gasteiger partial charge is 0.486 e. The van der Waals surface area contributed by atoms with Crippen molar-refractivity contribution in [1.29, 1.82) is 0 Å². The fourth-order valence-corrected chi connectivity index (χ4v) is 10.2. The fourth-order valence-electron chi connectivity index (χ4n) is 7.74. The molecule has 2 aliphatic carbocycles. The van der Waals surface area contributed by atoms with Crippen LogP contribution in [0.2, 0.25) is 10.0 Å². The molecule has 1 unspecified atom stereocenters. The van der Waals surface area contributed by atoms with Crippen LogP contribution in [0.5, 0.6) is 11.5 Å². The number of nitrogens with one attached hydrogen (secondary N) is 6. The number of hydrogen-bond acceptors (Lipinski definition) is 12. The molecule has 0 spiro atoms. The summed E-state index contributed by atoms with van der Waals surface area (Å²) < 4.78 is 118. The van der Waals surface area contributed by atoms with Crippen molar-refractivity contribution in [3.05, 3.63) is 117 Å². The number of halogens is 4. The van der Waals surface area contributed by atoms with Gasteiger partial charge in [-0.2, -0.15) is 0 Å². The normalized spacial score (nSPS) is 15.2. The van der Waals surface area contributed by atoms with Gasteiger partial charge in [-0.25, -0.2) is 44.6 Å².